The molecule has 0 saturated carbocycles. The fourth-order valence-electron chi connectivity index (χ4n) is 3.09. The molecule has 2 heteroatoms. The Morgan fingerprint density at radius 1 is 0.900 bits per heavy atom. The lowest BCUT2D eigenvalue weighted by Crippen LogP contribution is -2.06. The van der Waals surface area contributed by atoms with E-state index in [2.05, 4.69) is 53.8 Å². The minimum Gasteiger partial charge on any atom is -0.376 e. The van der Waals surface area contributed by atoms with Crippen LogP contribution in [0.2, 0.25) is 5.02 Å². The van der Waals surface area contributed by atoms with E-state index in [1.54, 1.807) is 0 Å². The molecule has 1 aliphatic heterocycles. The second-order valence-corrected chi connectivity index (χ2v) is 5.65. The number of rotatable bonds is 1. The van der Waals surface area contributed by atoms with Crippen molar-refractivity contribution in [3.8, 4) is 0 Å². The predicted molar refractivity (Wildman–Crippen MR) is 85.5 cm³/mol. The van der Waals surface area contributed by atoms with Crippen molar-refractivity contribution in [1.82, 2.24) is 0 Å². The smallest absolute Gasteiger partial charge is 0.0640 e. The Labute approximate surface area is 123 Å². The summed E-state index contributed by atoms with van der Waals surface area (Å²) in [6, 6.07) is 21.5. The molecular weight excluding hydrogens is 266 g/mol. The number of nitrogens with one attached hydrogen (secondary N) is 1. The Morgan fingerprint density at radius 2 is 1.70 bits per heavy atom. The highest BCUT2D eigenvalue weighted by molar-refractivity contribution is 6.33. The number of fused-ring (bicyclic) bond motifs is 2. The second-order valence-electron chi connectivity index (χ2n) is 5.24. The van der Waals surface area contributed by atoms with E-state index in [0.717, 1.165) is 17.1 Å². The average Bonchev–Trinajstić information content (AvgIpc) is 2.92. The largest absolute Gasteiger partial charge is 0.376 e. The molecule has 3 aromatic carbocycles. The highest BCUT2D eigenvalue weighted by atomic mass is 35.5. The molecule has 0 fully saturated rings. The summed E-state index contributed by atoms with van der Waals surface area (Å²) < 4.78 is 0. The average molecular weight is 280 g/mol. The fraction of sp³-hybridized carbons (Fsp3) is 0.111. The summed E-state index contributed by atoms with van der Waals surface area (Å²) in [6.07, 6.45) is 0.990. The Balaban J connectivity index is 1.81. The molecule has 3 aromatic rings. The Hall–Kier alpha value is -1.99. The maximum absolute atomic E-state index is 6.28. The highest BCUT2D eigenvalue weighted by Gasteiger charge is 2.24. The molecule has 0 radical (unpaired) electrons. The molecule has 0 bridgehead atoms. The van der Waals surface area contributed by atoms with E-state index in [4.69, 9.17) is 11.6 Å². The van der Waals surface area contributed by atoms with Crippen LogP contribution < -0.4 is 5.32 Å². The number of hydrogen-bond acceptors (Lipinski definition) is 1. The minimum atomic E-state index is 0.302. The standard InChI is InChI=1S/C18H14ClN/c19-16-10-4-7-13-11-17(20-18(13)16)15-9-3-6-12-5-1-2-8-14(12)15/h1-10,17,20H,11H2. The molecule has 1 aliphatic rings. The molecule has 98 valence electrons. The molecule has 1 unspecified atom stereocenters. The van der Waals surface area contributed by atoms with E-state index in [1.165, 1.54) is 21.9 Å². The lowest BCUT2D eigenvalue weighted by molar-refractivity contribution is 0.832. The SMILES string of the molecule is Clc1cccc2c1NC(c1cccc3ccccc13)C2. The van der Waals surface area contributed by atoms with Crippen molar-refractivity contribution in [2.24, 2.45) is 0 Å². The van der Waals surface area contributed by atoms with Gasteiger partial charge in [-0.05, 0) is 34.4 Å². The van der Waals surface area contributed by atoms with Crippen LogP contribution in [0.3, 0.4) is 0 Å². The molecular formula is C18H14ClN. The van der Waals surface area contributed by atoms with Crippen LogP contribution in [0.5, 0.6) is 0 Å². The van der Waals surface area contributed by atoms with Crippen LogP contribution in [0, 0.1) is 0 Å². The lowest BCUT2D eigenvalue weighted by Gasteiger charge is -2.15. The lowest BCUT2D eigenvalue weighted by atomic mass is 9.97. The monoisotopic (exact) mass is 279 g/mol. The number of anilines is 1. The Bertz CT molecular complexity index is 789. The Kier molecular flexibility index (Phi) is 2.68. The normalized spacial score (nSPS) is 16.9. The van der Waals surface area contributed by atoms with Gasteiger partial charge in [0.05, 0.1) is 16.8 Å². The van der Waals surface area contributed by atoms with Gasteiger partial charge in [-0.3, -0.25) is 0 Å². The third-order valence-electron chi connectivity index (χ3n) is 4.04. The molecule has 0 aromatic heterocycles. The summed E-state index contributed by atoms with van der Waals surface area (Å²) in [5.41, 5.74) is 3.73. The van der Waals surface area contributed by atoms with E-state index in [-0.39, 0.29) is 0 Å². The molecule has 0 spiro atoms. The van der Waals surface area contributed by atoms with E-state index in [9.17, 15) is 0 Å². The van der Waals surface area contributed by atoms with Gasteiger partial charge in [-0.15, -0.1) is 0 Å². The van der Waals surface area contributed by atoms with Crippen molar-refractivity contribution >= 4 is 28.1 Å². The third-order valence-corrected chi connectivity index (χ3v) is 4.36. The maximum atomic E-state index is 6.28. The summed E-state index contributed by atoms with van der Waals surface area (Å²) in [7, 11) is 0. The molecule has 1 nitrogen and oxygen atoms in total. The van der Waals surface area contributed by atoms with E-state index in [0.29, 0.717) is 6.04 Å². The zero-order valence-corrected chi connectivity index (χ0v) is 11.7. The maximum Gasteiger partial charge on any atom is 0.0640 e. The predicted octanol–water partition coefficient (Wildman–Crippen LogP) is 5.20. The van der Waals surface area contributed by atoms with Crippen LogP contribution in [0.4, 0.5) is 5.69 Å². The van der Waals surface area contributed by atoms with Gasteiger partial charge < -0.3 is 5.32 Å². The van der Waals surface area contributed by atoms with Gasteiger partial charge >= 0.3 is 0 Å². The van der Waals surface area contributed by atoms with Crippen LogP contribution in [-0.4, -0.2) is 0 Å². The van der Waals surface area contributed by atoms with Crippen molar-refractivity contribution in [3.05, 3.63) is 76.8 Å². The van der Waals surface area contributed by atoms with Crippen molar-refractivity contribution < 1.29 is 0 Å². The van der Waals surface area contributed by atoms with Crippen molar-refractivity contribution in [1.29, 1.82) is 0 Å². The van der Waals surface area contributed by atoms with Gasteiger partial charge in [-0.25, -0.2) is 0 Å². The summed E-state index contributed by atoms with van der Waals surface area (Å²) >= 11 is 6.28. The molecule has 1 N–H and O–H groups in total. The fourth-order valence-corrected chi connectivity index (χ4v) is 3.34. The molecule has 1 heterocycles. The zero-order valence-electron chi connectivity index (χ0n) is 10.9. The van der Waals surface area contributed by atoms with Gasteiger partial charge in [0.2, 0.25) is 0 Å². The first-order chi connectivity index (χ1) is 9.83. The van der Waals surface area contributed by atoms with Crippen LogP contribution in [-0.2, 0) is 6.42 Å². The van der Waals surface area contributed by atoms with Gasteiger partial charge in [-0.2, -0.15) is 0 Å². The summed E-state index contributed by atoms with van der Waals surface area (Å²) in [5, 5.41) is 6.99. The van der Waals surface area contributed by atoms with Gasteiger partial charge in [0, 0.05) is 0 Å². The first kappa shape index (κ1) is 11.8. The Morgan fingerprint density at radius 3 is 2.60 bits per heavy atom. The van der Waals surface area contributed by atoms with E-state index in [1.807, 2.05) is 12.1 Å². The van der Waals surface area contributed by atoms with Crippen LogP contribution in [0.25, 0.3) is 10.8 Å². The van der Waals surface area contributed by atoms with Crippen LogP contribution in [0.1, 0.15) is 17.2 Å². The third kappa shape index (κ3) is 1.78. The van der Waals surface area contributed by atoms with E-state index < -0.39 is 0 Å². The first-order valence-corrected chi connectivity index (χ1v) is 7.22. The van der Waals surface area contributed by atoms with Gasteiger partial charge in [0.25, 0.3) is 0 Å². The highest BCUT2D eigenvalue weighted by Crippen LogP contribution is 2.40. The number of halogens is 1. The number of benzene rings is 3. The van der Waals surface area contributed by atoms with Crippen molar-refractivity contribution in [2.45, 2.75) is 12.5 Å². The molecule has 0 amide bonds. The molecule has 0 aliphatic carbocycles. The van der Waals surface area contributed by atoms with Crippen molar-refractivity contribution in [3.63, 3.8) is 0 Å². The van der Waals surface area contributed by atoms with E-state index >= 15 is 0 Å². The zero-order chi connectivity index (χ0) is 13.5. The topological polar surface area (TPSA) is 12.0 Å². The minimum absolute atomic E-state index is 0.302. The molecule has 20 heavy (non-hydrogen) atoms. The van der Waals surface area contributed by atoms with Crippen LogP contribution in [0.15, 0.2) is 60.7 Å². The second kappa shape index (κ2) is 4.53. The van der Waals surface area contributed by atoms with Gasteiger partial charge in [0.1, 0.15) is 0 Å². The summed E-state index contributed by atoms with van der Waals surface area (Å²) in [6.45, 7) is 0. The molecule has 1 atom stereocenters. The molecule has 0 saturated heterocycles. The van der Waals surface area contributed by atoms with Crippen LogP contribution >= 0.6 is 11.6 Å². The van der Waals surface area contributed by atoms with Gasteiger partial charge in [0.15, 0.2) is 0 Å². The summed E-state index contributed by atoms with van der Waals surface area (Å²) in [5.74, 6) is 0. The molecule has 4 rings (SSSR count). The quantitative estimate of drug-likeness (QED) is 0.645. The van der Waals surface area contributed by atoms with Gasteiger partial charge in [-0.1, -0.05) is 66.2 Å². The van der Waals surface area contributed by atoms with Crippen molar-refractivity contribution in [2.75, 3.05) is 5.32 Å². The number of hydrogen-bond donors (Lipinski definition) is 1. The number of para-hydroxylation sites is 1. The summed E-state index contributed by atoms with van der Waals surface area (Å²) in [4.78, 5) is 0. The first-order valence-electron chi connectivity index (χ1n) is 6.84.